The Morgan fingerprint density at radius 2 is 2.00 bits per heavy atom. The number of nitrogens with two attached hydrogens (primary N) is 1. The normalized spacial score (nSPS) is 20.5. The van der Waals surface area contributed by atoms with E-state index in [4.69, 9.17) is 5.73 Å². The number of rotatable bonds is 7. The van der Waals surface area contributed by atoms with Crippen LogP contribution in [0.1, 0.15) is 25.3 Å². The zero-order valence-electron chi connectivity index (χ0n) is 14.1. The summed E-state index contributed by atoms with van der Waals surface area (Å²) >= 11 is 0. The minimum Gasteiger partial charge on any atom is -0.504 e. The fourth-order valence-electron chi connectivity index (χ4n) is 2.89. The first-order chi connectivity index (χ1) is 11.8. The summed E-state index contributed by atoms with van der Waals surface area (Å²) in [6.07, 6.45) is 1.13. The lowest BCUT2D eigenvalue weighted by atomic mass is 9.97. The van der Waals surface area contributed by atoms with Gasteiger partial charge in [0.25, 0.3) is 0 Å². The predicted molar refractivity (Wildman–Crippen MR) is 89.9 cm³/mol. The van der Waals surface area contributed by atoms with Crippen LogP contribution in [0.5, 0.6) is 11.5 Å². The van der Waals surface area contributed by atoms with Crippen molar-refractivity contribution in [1.29, 1.82) is 0 Å². The van der Waals surface area contributed by atoms with Gasteiger partial charge in [-0.2, -0.15) is 0 Å². The van der Waals surface area contributed by atoms with Crippen molar-refractivity contribution in [2.45, 2.75) is 38.3 Å². The third kappa shape index (κ3) is 4.48. The van der Waals surface area contributed by atoms with E-state index < -0.39 is 12.1 Å². The Labute approximate surface area is 145 Å². The van der Waals surface area contributed by atoms with E-state index in [1.54, 1.807) is 6.07 Å². The molecule has 1 aliphatic heterocycles. The van der Waals surface area contributed by atoms with Crippen LogP contribution in [0.3, 0.4) is 0 Å². The fraction of sp³-hybridized carbons (Fsp3) is 0.471. The summed E-state index contributed by atoms with van der Waals surface area (Å²) in [7, 11) is 0. The van der Waals surface area contributed by atoms with E-state index in [-0.39, 0.29) is 42.1 Å². The van der Waals surface area contributed by atoms with Crippen LogP contribution >= 0.6 is 0 Å². The van der Waals surface area contributed by atoms with Crippen LogP contribution in [0.2, 0.25) is 0 Å². The van der Waals surface area contributed by atoms with Gasteiger partial charge >= 0.3 is 0 Å². The van der Waals surface area contributed by atoms with Gasteiger partial charge in [0, 0.05) is 6.42 Å². The fourth-order valence-corrected chi connectivity index (χ4v) is 2.89. The van der Waals surface area contributed by atoms with Crippen molar-refractivity contribution >= 4 is 17.6 Å². The number of piperazine rings is 1. The summed E-state index contributed by atoms with van der Waals surface area (Å²) in [5.41, 5.74) is 6.03. The number of phenolic OH excluding ortho intramolecular Hbond substituents is 2. The highest BCUT2D eigenvalue weighted by atomic mass is 16.3. The monoisotopic (exact) mass is 349 g/mol. The summed E-state index contributed by atoms with van der Waals surface area (Å²) in [6.45, 7) is 1.61. The Bertz CT molecular complexity index is 676. The second kappa shape index (κ2) is 7.98. The average Bonchev–Trinajstić information content (AvgIpc) is 2.55. The molecule has 0 saturated carbocycles. The number of amides is 2. The number of carbonyl (C=O) groups is 3. The molecule has 0 aromatic heterocycles. The average molecular weight is 349 g/mol. The largest absolute Gasteiger partial charge is 0.504 e. The van der Waals surface area contributed by atoms with Crippen LogP contribution in [0.4, 0.5) is 0 Å². The molecule has 1 saturated heterocycles. The number of nitrogens with zero attached hydrogens (tertiary/aromatic N) is 1. The highest BCUT2D eigenvalue weighted by Crippen LogP contribution is 2.26. The lowest BCUT2D eigenvalue weighted by molar-refractivity contribution is -0.151. The van der Waals surface area contributed by atoms with Crippen LogP contribution in [0.25, 0.3) is 0 Å². The van der Waals surface area contributed by atoms with Gasteiger partial charge in [-0.3, -0.25) is 14.4 Å². The Balaban J connectivity index is 2.24. The molecule has 2 rings (SSSR count). The van der Waals surface area contributed by atoms with E-state index in [2.05, 4.69) is 5.32 Å². The molecule has 1 aromatic rings. The van der Waals surface area contributed by atoms with Crippen molar-refractivity contribution in [2.24, 2.45) is 5.73 Å². The van der Waals surface area contributed by atoms with E-state index in [0.29, 0.717) is 24.9 Å². The smallest absolute Gasteiger partial charge is 0.246 e. The molecule has 1 heterocycles. The van der Waals surface area contributed by atoms with Crippen LogP contribution in [0, 0.1) is 0 Å². The maximum absolute atomic E-state index is 12.7. The maximum Gasteiger partial charge on any atom is 0.246 e. The summed E-state index contributed by atoms with van der Waals surface area (Å²) in [6, 6.07) is 2.67. The Morgan fingerprint density at radius 3 is 2.60 bits per heavy atom. The van der Waals surface area contributed by atoms with Crippen molar-refractivity contribution in [2.75, 3.05) is 13.1 Å². The third-order valence-corrected chi connectivity index (χ3v) is 4.14. The second-order valence-electron chi connectivity index (χ2n) is 6.20. The summed E-state index contributed by atoms with van der Waals surface area (Å²) in [5.74, 6) is -1.46. The van der Waals surface area contributed by atoms with Gasteiger partial charge in [0.05, 0.1) is 6.54 Å². The molecule has 8 heteroatoms. The molecular formula is C17H23N3O5. The number of hydrogen-bond donors (Lipinski definition) is 4. The predicted octanol–water partition coefficient (Wildman–Crippen LogP) is -0.336. The second-order valence-corrected chi connectivity index (χ2v) is 6.20. The van der Waals surface area contributed by atoms with Crippen LogP contribution in [0.15, 0.2) is 18.2 Å². The summed E-state index contributed by atoms with van der Waals surface area (Å²) in [5, 5.41) is 21.7. The number of nitrogens with one attached hydrogen (secondary N) is 1. The highest BCUT2D eigenvalue weighted by molar-refractivity contribution is 5.99. The van der Waals surface area contributed by atoms with E-state index in [9.17, 15) is 24.6 Å². The first-order valence-corrected chi connectivity index (χ1v) is 8.14. The standard InChI is InChI=1S/C17H23N3O5/c1-10(21)9-20-13(7-11-4-5-14(22)15(23)8-11)16(24)19-12(17(20)25)3-2-6-18/h4-5,8,12-13,22-23H,2-3,6-7,9,18H2,1H3,(H,19,24). The number of benzene rings is 1. The molecule has 5 N–H and O–H groups in total. The SMILES string of the molecule is CC(=O)CN1C(=O)C(CCCN)NC(=O)C1Cc1ccc(O)c(O)c1. The molecule has 2 atom stereocenters. The lowest BCUT2D eigenvalue weighted by Gasteiger charge is -2.38. The van der Waals surface area contributed by atoms with Crippen LogP contribution in [-0.4, -0.2) is 57.9 Å². The molecule has 136 valence electrons. The minimum atomic E-state index is -0.852. The van der Waals surface area contributed by atoms with Gasteiger partial charge < -0.3 is 26.2 Å². The number of Topliss-reactive ketones (excluding diaryl/α,β-unsaturated/α-hetero) is 1. The van der Waals surface area contributed by atoms with Crippen molar-refractivity contribution in [3.63, 3.8) is 0 Å². The van der Waals surface area contributed by atoms with Gasteiger partial charge in [-0.15, -0.1) is 0 Å². The molecule has 0 bridgehead atoms. The number of ketones is 1. The minimum absolute atomic E-state index is 0.127. The van der Waals surface area contributed by atoms with Crippen LogP contribution in [-0.2, 0) is 20.8 Å². The Kier molecular flexibility index (Phi) is 5.97. The molecule has 25 heavy (non-hydrogen) atoms. The Morgan fingerprint density at radius 1 is 1.28 bits per heavy atom. The molecule has 1 aromatic carbocycles. The number of phenols is 2. The molecule has 2 unspecified atom stereocenters. The van der Waals surface area contributed by atoms with Crippen molar-refractivity contribution in [1.82, 2.24) is 10.2 Å². The third-order valence-electron chi connectivity index (χ3n) is 4.14. The molecule has 0 aliphatic carbocycles. The zero-order valence-corrected chi connectivity index (χ0v) is 14.1. The van der Waals surface area contributed by atoms with E-state index >= 15 is 0 Å². The summed E-state index contributed by atoms with van der Waals surface area (Å²) in [4.78, 5) is 38.0. The van der Waals surface area contributed by atoms with Crippen molar-refractivity contribution < 1.29 is 24.6 Å². The van der Waals surface area contributed by atoms with Gasteiger partial charge in [0.15, 0.2) is 11.5 Å². The molecular weight excluding hydrogens is 326 g/mol. The highest BCUT2D eigenvalue weighted by Gasteiger charge is 2.40. The topological polar surface area (TPSA) is 133 Å². The Hall–Kier alpha value is -2.61. The van der Waals surface area contributed by atoms with Gasteiger partial charge in [0.1, 0.15) is 17.9 Å². The number of aromatic hydroxyl groups is 2. The van der Waals surface area contributed by atoms with E-state index in [1.807, 2.05) is 0 Å². The molecule has 0 spiro atoms. The van der Waals surface area contributed by atoms with Gasteiger partial charge in [-0.05, 0) is 44.0 Å². The molecule has 8 nitrogen and oxygen atoms in total. The van der Waals surface area contributed by atoms with Gasteiger partial charge in [-0.25, -0.2) is 0 Å². The first kappa shape index (κ1) is 18.7. The summed E-state index contributed by atoms with van der Waals surface area (Å²) < 4.78 is 0. The first-order valence-electron chi connectivity index (χ1n) is 8.14. The van der Waals surface area contributed by atoms with Crippen molar-refractivity contribution in [3.8, 4) is 11.5 Å². The molecule has 0 radical (unpaired) electrons. The quantitative estimate of drug-likeness (QED) is 0.498. The molecule has 1 aliphatic rings. The molecule has 2 amide bonds. The maximum atomic E-state index is 12.7. The van der Waals surface area contributed by atoms with Crippen molar-refractivity contribution in [3.05, 3.63) is 23.8 Å². The van der Waals surface area contributed by atoms with E-state index in [0.717, 1.165) is 0 Å². The zero-order chi connectivity index (χ0) is 18.6. The molecule has 1 fully saturated rings. The lowest BCUT2D eigenvalue weighted by Crippen LogP contribution is -2.64. The van der Waals surface area contributed by atoms with Gasteiger partial charge in [0.2, 0.25) is 11.8 Å². The number of carbonyl (C=O) groups excluding carboxylic acids is 3. The van der Waals surface area contributed by atoms with Crippen LogP contribution < -0.4 is 11.1 Å². The van der Waals surface area contributed by atoms with E-state index in [1.165, 1.54) is 24.0 Å². The number of hydrogen-bond acceptors (Lipinski definition) is 6. The van der Waals surface area contributed by atoms with Gasteiger partial charge in [-0.1, -0.05) is 6.07 Å².